The van der Waals surface area contributed by atoms with Crippen molar-refractivity contribution in [2.75, 3.05) is 0 Å². The van der Waals surface area contributed by atoms with E-state index >= 15 is 0 Å². The third-order valence-electron chi connectivity index (χ3n) is 1.57. The van der Waals surface area contributed by atoms with E-state index in [-0.39, 0.29) is 0 Å². The van der Waals surface area contributed by atoms with Gasteiger partial charge >= 0.3 is 5.91 Å². The molecule has 0 unspecified atom stereocenters. The molecule has 0 aliphatic heterocycles. The van der Waals surface area contributed by atoms with Crippen LogP contribution in [0.25, 0.3) is 0 Å². The van der Waals surface area contributed by atoms with Gasteiger partial charge in [0, 0.05) is 6.54 Å². The second-order valence-corrected chi connectivity index (χ2v) is 2.49. The molecule has 13 heavy (non-hydrogen) atoms. The summed E-state index contributed by atoms with van der Waals surface area (Å²) in [5.41, 5.74) is 1.05. The Balaban J connectivity index is 3.12. The average Bonchev–Trinajstić information content (AvgIpc) is 2.47. The lowest BCUT2D eigenvalue weighted by Gasteiger charge is -1.97. The lowest BCUT2D eigenvalue weighted by Crippen LogP contribution is -2.07. The lowest BCUT2D eigenvalue weighted by atomic mass is 10.3. The molecule has 0 aliphatic carbocycles. The Bertz CT molecular complexity index is 375. The van der Waals surface area contributed by atoms with Crippen molar-refractivity contribution in [1.82, 2.24) is 9.78 Å². The quantitative estimate of drug-likeness (QED) is 0.495. The van der Waals surface area contributed by atoms with E-state index in [4.69, 9.17) is 0 Å². The third-order valence-corrected chi connectivity index (χ3v) is 1.57. The predicted octanol–water partition coefficient (Wildman–Crippen LogP) is 0.687. The van der Waals surface area contributed by atoms with Gasteiger partial charge in [-0.25, -0.2) is 4.79 Å². The van der Waals surface area contributed by atoms with Crippen molar-refractivity contribution in [2.24, 2.45) is 4.99 Å². The number of amides is 1. The zero-order chi connectivity index (χ0) is 9.84. The van der Waals surface area contributed by atoms with Gasteiger partial charge in [0.05, 0.1) is 5.69 Å². The highest BCUT2D eigenvalue weighted by molar-refractivity contribution is 5.96. The summed E-state index contributed by atoms with van der Waals surface area (Å²) in [7, 11) is 0. The molecule has 68 valence electrons. The van der Waals surface area contributed by atoms with Crippen molar-refractivity contribution >= 4 is 12.0 Å². The van der Waals surface area contributed by atoms with Gasteiger partial charge in [-0.05, 0) is 19.9 Å². The molecule has 1 aromatic heterocycles. The number of hydrogen-bond acceptors (Lipinski definition) is 3. The number of hydrogen-bond donors (Lipinski definition) is 0. The van der Waals surface area contributed by atoms with Crippen LogP contribution in [-0.2, 0) is 11.3 Å². The van der Waals surface area contributed by atoms with Crippen molar-refractivity contribution in [2.45, 2.75) is 20.4 Å². The highest BCUT2D eigenvalue weighted by Gasteiger charge is 2.11. The minimum Gasteiger partial charge on any atom is -0.264 e. The summed E-state index contributed by atoms with van der Waals surface area (Å²) in [5.74, 6) is -0.600. The maximum atomic E-state index is 11.1. The van der Waals surface area contributed by atoms with Crippen LogP contribution >= 0.6 is 0 Å². The number of isocyanates is 1. The molecule has 0 fully saturated rings. The summed E-state index contributed by atoms with van der Waals surface area (Å²) in [6.45, 7) is 4.20. The molecule has 5 heteroatoms. The number of rotatable bonds is 2. The molecule has 1 amide bonds. The Kier molecular flexibility index (Phi) is 2.72. The molecular formula is C8H9N3O2. The number of nitrogens with zero attached hydrogens (tertiary/aromatic N) is 3. The molecule has 0 radical (unpaired) electrons. The molecule has 0 bridgehead atoms. The fourth-order valence-corrected chi connectivity index (χ4v) is 1.06. The molecule has 1 heterocycles. The molecule has 1 rings (SSSR count). The SMILES string of the molecule is CCn1nc(C)cc1C(=O)N=C=O. The molecule has 0 aromatic carbocycles. The second kappa shape index (κ2) is 3.78. The topological polar surface area (TPSA) is 64.3 Å². The first-order valence-corrected chi connectivity index (χ1v) is 3.85. The Morgan fingerprint density at radius 2 is 2.46 bits per heavy atom. The van der Waals surface area contributed by atoms with E-state index in [1.165, 1.54) is 10.8 Å². The van der Waals surface area contributed by atoms with Crippen molar-refractivity contribution in [3.63, 3.8) is 0 Å². The van der Waals surface area contributed by atoms with Gasteiger partial charge in [0.2, 0.25) is 6.08 Å². The predicted molar refractivity (Wildman–Crippen MR) is 45.1 cm³/mol. The molecule has 0 spiro atoms. The van der Waals surface area contributed by atoms with Gasteiger partial charge in [0.15, 0.2) is 0 Å². The van der Waals surface area contributed by atoms with Crippen LogP contribution in [0.15, 0.2) is 11.1 Å². The molecule has 0 saturated carbocycles. The average molecular weight is 179 g/mol. The molecule has 0 atom stereocenters. The molecule has 5 nitrogen and oxygen atoms in total. The Morgan fingerprint density at radius 3 is 3.00 bits per heavy atom. The maximum Gasteiger partial charge on any atom is 0.305 e. The van der Waals surface area contributed by atoms with E-state index in [0.29, 0.717) is 12.2 Å². The van der Waals surface area contributed by atoms with Crippen LogP contribution in [0.5, 0.6) is 0 Å². The van der Waals surface area contributed by atoms with Crippen LogP contribution in [0.2, 0.25) is 0 Å². The fourth-order valence-electron chi connectivity index (χ4n) is 1.06. The van der Waals surface area contributed by atoms with Crippen molar-refractivity contribution < 1.29 is 9.59 Å². The highest BCUT2D eigenvalue weighted by atomic mass is 16.2. The van der Waals surface area contributed by atoms with Crippen LogP contribution in [0, 0.1) is 6.92 Å². The monoisotopic (exact) mass is 179 g/mol. The Labute approximate surface area is 75.1 Å². The lowest BCUT2D eigenvalue weighted by molar-refractivity contribution is 0.0993. The van der Waals surface area contributed by atoms with Crippen LogP contribution in [-0.4, -0.2) is 21.8 Å². The summed E-state index contributed by atoms with van der Waals surface area (Å²) in [5, 5.41) is 4.04. The van der Waals surface area contributed by atoms with Crippen LogP contribution < -0.4 is 0 Å². The van der Waals surface area contributed by atoms with Gasteiger partial charge in [0.25, 0.3) is 0 Å². The first-order valence-electron chi connectivity index (χ1n) is 3.85. The van der Waals surface area contributed by atoms with Gasteiger partial charge in [-0.3, -0.25) is 9.48 Å². The third kappa shape index (κ3) is 1.89. The first-order chi connectivity index (χ1) is 6.19. The van der Waals surface area contributed by atoms with E-state index in [2.05, 4.69) is 10.1 Å². The summed E-state index contributed by atoms with van der Waals surface area (Å²) >= 11 is 0. The molecule has 1 aromatic rings. The summed E-state index contributed by atoms with van der Waals surface area (Å²) < 4.78 is 1.50. The van der Waals surface area contributed by atoms with E-state index in [1.807, 2.05) is 6.92 Å². The molecule has 0 saturated heterocycles. The van der Waals surface area contributed by atoms with Gasteiger partial charge in [-0.2, -0.15) is 5.10 Å². The summed E-state index contributed by atoms with van der Waals surface area (Å²) in [4.78, 5) is 24.0. The second-order valence-electron chi connectivity index (χ2n) is 2.49. The van der Waals surface area contributed by atoms with E-state index in [9.17, 15) is 9.59 Å². The number of aryl methyl sites for hydroxylation is 2. The number of carbonyl (C=O) groups is 1. The zero-order valence-electron chi connectivity index (χ0n) is 7.44. The van der Waals surface area contributed by atoms with E-state index in [1.54, 1.807) is 13.0 Å². The van der Waals surface area contributed by atoms with Crippen molar-refractivity contribution in [3.05, 3.63) is 17.5 Å². The van der Waals surface area contributed by atoms with Gasteiger partial charge in [-0.1, -0.05) is 0 Å². The summed E-state index contributed by atoms with van der Waals surface area (Å²) in [6, 6.07) is 1.59. The minimum absolute atomic E-state index is 0.323. The van der Waals surface area contributed by atoms with Gasteiger partial charge < -0.3 is 0 Å². The smallest absolute Gasteiger partial charge is 0.264 e. The number of carbonyl (C=O) groups excluding carboxylic acids is 2. The van der Waals surface area contributed by atoms with Gasteiger partial charge in [0.1, 0.15) is 5.69 Å². The molecule has 0 N–H and O–H groups in total. The fraction of sp³-hybridized carbons (Fsp3) is 0.375. The Morgan fingerprint density at radius 1 is 1.77 bits per heavy atom. The first kappa shape index (κ1) is 9.35. The van der Waals surface area contributed by atoms with Crippen molar-refractivity contribution in [1.29, 1.82) is 0 Å². The Hall–Kier alpha value is -1.74. The normalized spacial score (nSPS) is 9.38. The largest absolute Gasteiger partial charge is 0.305 e. The number of aromatic nitrogens is 2. The van der Waals surface area contributed by atoms with Gasteiger partial charge in [-0.15, -0.1) is 4.99 Å². The maximum absolute atomic E-state index is 11.1. The highest BCUT2D eigenvalue weighted by Crippen LogP contribution is 2.04. The molecular weight excluding hydrogens is 170 g/mol. The van der Waals surface area contributed by atoms with Crippen molar-refractivity contribution in [3.8, 4) is 0 Å². The summed E-state index contributed by atoms with van der Waals surface area (Å²) in [6.07, 6.45) is 1.21. The van der Waals surface area contributed by atoms with Crippen LogP contribution in [0.4, 0.5) is 0 Å². The zero-order valence-corrected chi connectivity index (χ0v) is 7.44. The number of aliphatic imine (C=N–C) groups is 1. The molecule has 0 aliphatic rings. The standard InChI is InChI=1S/C8H9N3O2/c1-3-11-7(4-6(2)10-11)8(13)9-5-12/h4H,3H2,1-2H3. The van der Waals surface area contributed by atoms with E-state index < -0.39 is 5.91 Å². The van der Waals surface area contributed by atoms with Crippen LogP contribution in [0.1, 0.15) is 23.1 Å². The van der Waals surface area contributed by atoms with Crippen LogP contribution in [0.3, 0.4) is 0 Å². The van der Waals surface area contributed by atoms with E-state index in [0.717, 1.165) is 5.69 Å². The minimum atomic E-state index is -0.600.